The van der Waals surface area contributed by atoms with Crippen LogP contribution in [0.5, 0.6) is 0 Å². The SMILES string of the molecule is c1ccc(-c2cc(-c3ccc4c(c3)-c3ccccc3-c3ccccc3C43c4ccccc4-c4ccccc43)nc(-c3ccc4oc5ccccc5c4c3)n2)cc1. The third-order valence-corrected chi connectivity index (χ3v) is 11.9. The fourth-order valence-corrected chi connectivity index (χ4v) is 9.56. The largest absolute Gasteiger partial charge is 0.456 e. The quantitative estimate of drug-likeness (QED) is 0.183. The van der Waals surface area contributed by atoms with Gasteiger partial charge in [0.15, 0.2) is 5.82 Å². The maximum absolute atomic E-state index is 6.19. The lowest BCUT2D eigenvalue weighted by Gasteiger charge is -2.35. The molecule has 0 unspecified atom stereocenters. The van der Waals surface area contributed by atoms with Crippen molar-refractivity contribution in [2.75, 3.05) is 0 Å². The number of furan rings is 1. The Balaban J connectivity index is 1.13. The number of benzene rings is 8. The fraction of sp³-hybridized carbons (Fsp3) is 0.0189. The molecule has 0 N–H and O–H groups in total. The number of aromatic nitrogens is 2. The van der Waals surface area contributed by atoms with E-state index in [1.54, 1.807) is 0 Å². The first-order valence-electron chi connectivity index (χ1n) is 19.2. The third-order valence-electron chi connectivity index (χ3n) is 11.9. The Morgan fingerprint density at radius 2 is 0.821 bits per heavy atom. The Bertz CT molecular complexity index is 3170. The molecule has 2 aromatic heterocycles. The molecule has 2 heterocycles. The Labute approximate surface area is 324 Å². The van der Waals surface area contributed by atoms with E-state index in [1.807, 2.05) is 24.3 Å². The summed E-state index contributed by atoms with van der Waals surface area (Å²) in [6.07, 6.45) is 0. The van der Waals surface area contributed by atoms with Crippen LogP contribution >= 0.6 is 0 Å². The van der Waals surface area contributed by atoms with Crippen molar-refractivity contribution in [2.24, 2.45) is 0 Å². The van der Waals surface area contributed by atoms with Crippen molar-refractivity contribution in [1.82, 2.24) is 9.97 Å². The van der Waals surface area contributed by atoms with Crippen LogP contribution in [0.25, 0.3) is 89.2 Å². The molecule has 260 valence electrons. The molecule has 2 aliphatic rings. The zero-order valence-electron chi connectivity index (χ0n) is 30.3. The van der Waals surface area contributed by atoms with Gasteiger partial charge in [0.25, 0.3) is 0 Å². The highest BCUT2D eigenvalue weighted by atomic mass is 16.3. The van der Waals surface area contributed by atoms with Crippen LogP contribution in [0.2, 0.25) is 0 Å². The smallest absolute Gasteiger partial charge is 0.160 e. The molecule has 1 spiro atoms. The highest BCUT2D eigenvalue weighted by Gasteiger charge is 2.49. The molecule has 8 aromatic carbocycles. The topological polar surface area (TPSA) is 38.9 Å². The van der Waals surface area contributed by atoms with Gasteiger partial charge < -0.3 is 4.42 Å². The van der Waals surface area contributed by atoms with Gasteiger partial charge in [0.2, 0.25) is 0 Å². The molecule has 0 saturated heterocycles. The fourth-order valence-electron chi connectivity index (χ4n) is 9.56. The van der Waals surface area contributed by atoms with E-state index in [9.17, 15) is 0 Å². The van der Waals surface area contributed by atoms with Crippen molar-refractivity contribution >= 4 is 21.9 Å². The number of nitrogens with zero attached hydrogens (tertiary/aromatic N) is 2. The number of para-hydroxylation sites is 1. The molecule has 3 nitrogen and oxygen atoms in total. The lowest BCUT2D eigenvalue weighted by Crippen LogP contribution is -2.29. The van der Waals surface area contributed by atoms with Gasteiger partial charge in [-0.25, -0.2) is 9.97 Å². The summed E-state index contributed by atoms with van der Waals surface area (Å²) in [6.45, 7) is 0. The van der Waals surface area contributed by atoms with Crippen molar-refractivity contribution in [1.29, 1.82) is 0 Å². The first-order chi connectivity index (χ1) is 27.8. The van der Waals surface area contributed by atoms with Crippen molar-refractivity contribution in [3.8, 4) is 67.3 Å². The van der Waals surface area contributed by atoms with Gasteiger partial charge in [0, 0.05) is 27.5 Å². The van der Waals surface area contributed by atoms with Gasteiger partial charge >= 0.3 is 0 Å². The summed E-state index contributed by atoms with van der Waals surface area (Å²) in [5.74, 6) is 0.673. The van der Waals surface area contributed by atoms with E-state index >= 15 is 0 Å². The van der Waals surface area contributed by atoms with Gasteiger partial charge in [0.05, 0.1) is 16.8 Å². The van der Waals surface area contributed by atoms with Crippen molar-refractivity contribution in [3.63, 3.8) is 0 Å². The number of rotatable bonds is 3. The highest BCUT2D eigenvalue weighted by molar-refractivity contribution is 6.06. The van der Waals surface area contributed by atoms with Crippen molar-refractivity contribution < 1.29 is 4.42 Å². The summed E-state index contributed by atoms with van der Waals surface area (Å²) in [6, 6.07) is 69.9. The summed E-state index contributed by atoms with van der Waals surface area (Å²) in [5, 5.41) is 2.13. The summed E-state index contributed by atoms with van der Waals surface area (Å²) < 4.78 is 6.19. The molecule has 2 aliphatic carbocycles. The van der Waals surface area contributed by atoms with E-state index in [0.29, 0.717) is 5.82 Å². The van der Waals surface area contributed by atoms with Crippen LogP contribution in [-0.4, -0.2) is 9.97 Å². The second-order valence-electron chi connectivity index (χ2n) is 14.8. The second-order valence-corrected chi connectivity index (χ2v) is 14.8. The lowest BCUT2D eigenvalue weighted by atomic mass is 9.66. The standard InChI is InChI=1S/C53H32N2O/c1-2-14-33(15-3-1)48-32-49(55-52(54-48)35-27-29-51-43(31-35)41-21-9-13-25-50(41)56-51)34-26-28-47-42(30-34)37-17-5-4-16-36(37)38-18-6-10-22-44(38)53(47)45-23-11-7-19-39(45)40-20-8-12-24-46(40)53/h1-32H. The first-order valence-corrected chi connectivity index (χ1v) is 19.2. The number of hydrogen-bond donors (Lipinski definition) is 0. The van der Waals surface area contributed by atoms with Crippen LogP contribution in [0, 0.1) is 0 Å². The number of hydrogen-bond acceptors (Lipinski definition) is 3. The van der Waals surface area contributed by atoms with E-state index < -0.39 is 5.41 Å². The second kappa shape index (κ2) is 11.8. The van der Waals surface area contributed by atoms with Crippen LogP contribution in [0.3, 0.4) is 0 Å². The molecule has 0 aliphatic heterocycles. The summed E-state index contributed by atoms with van der Waals surface area (Å²) in [5.41, 5.74) is 18.6. The van der Waals surface area contributed by atoms with E-state index in [-0.39, 0.29) is 0 Å². The van der Waals surface area contributed by atoms with Crippen molar-refractivity contribution in [2.45, 2.75) is 5.41 Å². The highest BCUT2D eigenvalue weighted by Crippen LogP contribution is 2.61. The molecule has 3 heteroatoms. The van der Waals surface area contributed by atoms with Gasteiger partial charge in [0.1, 0.15) is 11.2 Å². The van der Waals surface area contributed by atoms with Crippen LogP contribution in [0.1, 0.15) is 22.3 Å². The third kappa shape index (κ3) is 4.34. The molecule has 0 amide bonds. The molecule has 0 fully saturated rings. The zero-order valence-corrected chi connectivity index (χ0v) is 30.3. The van der Waals surface area contributed by atoms with Crippen LogP contribution in [0.4, 0.5) is 0 Å². The van der Waals surface area contributed by atoms with E-state index in [0.717, 1.165) is 50.0 Å². The molecule has 0 saturated carbocycles. The monoisotopic (exact) mass is 712 g/mol. The molecule has 56 heavy (non-hydrogen) atoms. The minimum Gasteiger partial charge on any atom is -0.456 e. The van der Waals surface area contributed by atoms with Crippen LogP contribution in [-0.2, 0) is 5.41 Å². The van der Waals surface area contributed by atoms with Crippen LogP contribution < -0.4 is 0 Å². The Hall–Kier alpha value is -7.36. The predicted octanol–water partition coefficient (Wildman–Crippen LogP) is 13.4. The van der Waals surface area contributed by atoms with Gasteiger partial charge in [-0.3, -0.25) is 0 Å². The van der Waals surface area contributed by atoms with E-state index in [1.165, 1.54) is 55.6 Å². The molecule has 0 atom stereocenters. The summed E-state index contributed by atoms with van der Waals surface area (Å²) in [7, 11) is 0. The molecular weight excluding hydrogens is 681 g/mol. The van der Waals surface area contributed by atoms with Crippen molar-refractivity contribution in [3.05, 3.63) is 216 Å². The first kappa shape index (κ1) is 31.0. The molecule has 10 aromatic rings. The minimum absolute atomic E-state index is 0.522. The summed E-state index contributed by atoms with van der Waals surface area (Å²) >= 11 is 0. The Morgan fingerprint density at radius 1 is 0.321 bits per heavy atom. The predicted molar refractivity (Wildman–Crippen MR) is 227 cm³/mol. The minimum atomic E-state index is -0.522. The van der Waals surface area contributed by atoms with E-state index in [4.69, 9.17) is 14.4 Å². The zero-order chi connectivity index (χ0) is 36.8. The lowest BCUT2D eigenvalue weighted by molar-refractivity contribution is 0.669. The maximum Gasteiger partial charge on any atom is 0.160 e. The van der Waals surface area contributed by atoms with Gasteiger partial charge in [-0.2, -0.15) is 0 Å². The summed E-state index contributed by atoms with van der Waals surface area (Å²) in [4.78, 5) is 10.6. The average molecular weight is 713 g/mol. The van der Waals surface area contributed by atoms with Gasteiger partial charge in [-0.1, -0.05) is 158 Å². The Morgan fingerprint density at radius 3 is 1.52 bits per heavy atom. The van der Waals surface area contributed by atoms with E-state index in [2.05, 4.69) is 170 Å². The molecule has 0 bridgehead atoms. The van der Waals surface area contributed by atoms with Gasteiger partial charge in [-0.15, -0.1) is 0 Å². The number of fused-ring (bicyclic) bond motifs is 15. The van der Waals surface area contributed by atoms with Crippen LogP contribution in [0.15, 0.2) is 199 Å². The molecule has 12 rings (SSSR count). The molecular formula is C53H32N2O. The Kier molecular flexibility index (Phi) is 6.55. The molecule has 0 radical (unpaired) electrons. The average Bonchev–Trinajstić information content (AvgIpc) is 3.76. The maximum atomic E-state index is 6.19. The van der Waals surface area contributed by atoms with Gasteiger partial charge in [-0.05, 0) is 92.0 Å². The normalized spacial score (nSPS) is 13.1.